The Labute approximate surface area is 167 Å². The first-order valence-electron chi connectivity index (χ1n) is 9.00. The Morgan fingerprint density at radius 2 is 1.83 bits per heavy atom. The molecule has 0 saturated carbocycles. The van der Waals surface area contributed by atoms with Crippen LogP contribution in [0.2, 0.25) is 0 Å². The Kier molecular flexibility index (Phi) is 6.18. The van der Waals surface area contributed by atoms with E-state index in [1.807, 2.05) is 6.92 Å². The molecule has 0 fully saturated rings. The van der Waals surface area contributed by atoms with Crippen molar-refractivity contribution < 1.29 is 23.5 Å². The number of amides is 2. The zero-order chi connectivity index (χ0) is 20.8. The number of rotatable bonds is 8. The van der Waals surface area contributed by atoms with Crippen LogP contribution in [0.5, 0.6) is 11.5 Å². The molecule has 0 unspecified atom stereocenters. The molecule has 0 aliphatic carbocycles. The first-order chi connectivity index (χ1) is 14.0. The molecule has 9 heteroatoms. The molecule has 0 atom stereocenters. The van der Waals surface area contributed by atoms with Crippen molar-refractivity contribution >= 4 is 17.5 Å². The standard InChI is InChI=1S/C20H22N4O5/c1-4-24-11-16(18(23-24)20(26)21-2)22-19(25)17-10-9-15(29-17)12-28-14-7-5-13(27-3)6-8-14/h5-11H,4,12H2,1-3H3,(H,21,26)(H,22,25). The van der Waals surface area contributed by atoms with Crippen LogP contribution in [0.15, 0.2) is 47.0 Å². The highest BCUT2D eigenvalue weighted by molar-refractivity contribution is 6.06. The average Bonchev–Trinajstić information content (AvgIpc) is 3.39. The molecule has 0 radical (unpaired) electrons. The fraction of sp³-hybridized carbons (Fsp3) is 0.250. The highest BCUT2D eigenvalue weighted by Gasteiger charge is 2.19. The van der Waals surface area contributed by atoms with Crippen molar-refractivity contribution in [1.82, 2.24) is 15.1 Å². The lowest BCUT2D eigenvalue weighted by molar-refractivity contribution is 0.0958. The second kappa shape index (κ2) is 8.96. The predicted molar refractivity (Wildman–Crippen MR) is 105 cm³/mol. The number of nitrogens with zero attached hydrogens (tertiary/aromatic N) is 2. The van der Waals surface area contributed by atoms with Gasteiger partial charge in [0.1, 0.15) is 23.9 Å². The molecule has 2 heterocycles. The zero-order valence-electron chi connectivity index (χ0n) is 16.4. The lowest BCUT2D eigenvalue weighted by Gasteiger charge is -2.05. The van der Waals surface area contributed by atoms with Gasteiger partial charge in [0.25, 0.3) is 11.8 Å². The van der Waals surface area contributed by atoms with E-state index in [-0.39, 0.29) is 24.0 Å². The molecular formula is C20H22N4O5. The van der Waals surface area contributed by atoms with Crippen LogP contribution in [0, 0.1) is 0 Å². The van der Waals surface area contributed by atoms with E-state index in [2.05, 4.69) is 15.7 Å². The van der Waals surface area contributed by atoms with Crippen LogP contribution in [0.3, 0.4) is 0 Å². The highest BCUT2D eigenvalue weighted by atomic mass is 16.5. The number of carbonyl (C=O) groups excluding carboxylic acids is 2. The molecule has 0 bridgehead atoms. The van der Waals surface area contributed by atoms with Gasteiger partial charge in [0, 0.05) is 19.8 Å². The molecule has 0 aliphatic rings. The zero-order valence-corrected chi connectivity index (χ0v) is 16.4. The maximum Gasteiger partial charge on any atom is 0.291 e. The molecule has 29 heavy (non-hydrogen) atoms. The van der Waals surface area contributed by atoms with Crippen LogP contribution in [-0.2, 0) is 13.2 Å². The molecule has 0 aliphatic heterocycles. The van der Waals surface area contributed by atoms with Gasteiger partial charge in [0.2, 0.25) is 0 Å². The summed E-state index contributed by atoms with van der Waals surface area (Å²) in [5.74, 6) is 1.10. The van der Waals surface area contributed by atoms with Gasteiger partial charge >= 0.3 is 0 Å². The van der Waals surface area contributed by atoms with E-state index in [4.69, 9.17) is 13.9 Å². The molecule has 1 aromatic carbocycles. The topological polar surface area (TPSA) is 108 Å². The lowest BCUT2D eigenvalue weighted by Crippen LogP contribution is -2.21. The van der Waals surface area contributed by atoms with Gasteiger partial charge in [-0.1, -0.05) is 0 Å². The Morgan fingerprint density at radius 1 is 1.10 bits per heavy atom. The molecule has 0 saturated heterocycles. The smallest absolute Gasteiger partial charge is 0.291 e. The third kappa shape index (κ3) is 4.75. The van der Waals surface area contributed by atoms with Gasteiger partial charge in [0.05, 0.1) is 12.8 Å². The number of benzene rings is 1. The van der Waals surface area contributed by atoms with Crippen LogP contribution >= 0.6 is 0 Å². The minimum Gasteiger partial charge on any atom is -0.497 e. The van der Waals surface area contributed by atoms with E-state index in [0.29, 0.717) is 23.7 Å². The van der Waals surface area contributed by atoms with Gasteiger partial charge in [0.15, 0.2) is 11.5 Å². The third-order valence-electron chi connectivity index (χ3n) is 4.10. The van der Waals surface area contributed by atoms with Crippen LogP contribution < -0.4 is 20.1 Å². The van der Waals surface area contributed by atoms with Crippen molar-refractivity contribution in [3.63, 3.8) is 0 Å². The van der Waals surface area contributed by atoms with Gasteiger partial charge in [-0.3, -0.25) is 14.3 Å². The van der Waals surface area contributed by atoms with Crippen LogP contribution in [-0.4, -0.2) is 35.8 Å². The van der Waals surface area contributed by atoms with Gasteiger partial charge < -0.3 is 24.5 Å². The van der Waals surface area contributed by atoms with Gasteiger partial charge in [-0.25, -0.2) is 0 Å². The maximum absolute atomic E-state index is 12.5. The lowest BCUT2D eigenvalue weighted by atomic mass is 10.3. The molecule has 3 aromatic rings. The largest absolute Gasteiger partial charge is 0.497 e. The number of methoxy groups -OCH3 is 1. The quantitative estimate of drug-likeness (QED) is 0.604. The van der Waals surface area contributed by atoms with E-state index in [1.165, 1.54) is 7.05 Å². The molecule has 3 rings (SSSR count). The Morgan fingerprint density at radius 3 is 2.48 bits per heavy atom. The number of ether oxygens (including phenoxy) is 2. The van der Waals surface area contributed by atoms with Crippen LogP contribution in [0.1, 0.15) is 33.7 Å². The predicted octanol–water partition coefficient (Wildman–Crippen LogP) is 2.70. The van der Waals surface area contributed by atoms with Crippen LogP contribution in [0.25, 0.3) is 0 Å². The number of carbonyl (C=O) groups is 2. The monoisotopic (exact) mass is 398 g/mol. The Bertz CT molecular complexity index is 991. The van der Waals surface area contributed by atoms with Crippen molar-refractivity contribution in [3.8, 4) is 11.5 Å². The second-order valence-corrected chi connectivity index (χ2v) is 6.01. The van der Waals surface area contributed by atoms with Crippen LogP contribution in [0.4, 0.5) is 5.69 Å². The van der Waals surface area contributed by atoms with E-state index in [1.54, 1.807) is 54.4 Å². The highest BCUT2D eigenvalue weighted by Crippen LogP contribution is 2.20. The summed E-state index contributed by atoms with van der Waals surface area (Å²) >= 11 is 0. The summed E-state index contributed by atoms with van der Waals surface area (Å²) in [5, 5.41) is 9.32. The molecule has 2 amide bonds. The first-order valence-corrected chi connectivity index (χ1v) is 9.00. The van der Waals surface area contributed by atoms with Crippen molar-refractivity contribution in [3.05, 3.63) is 59.8 Å². The Balaban J connectivity index is 1.64. The minimum absolute atomic E-state index is 0.102. The number of nitrogens with one attached hydrogen (secondary N) is 2. The molecule has 9 nitrogen and oxygen atoms in total. The fourth-order valence-corrected chi connectivity index (χ4v) is 2.55. The molecular weight excluding hydrogens is 376 g/mol. The number of hydrogen-bond donors (Lipinski definition) is 2. The fourth-order valence-electron chi connectivity index (χ4n) is 2.55. The van der Waals surface area contributed by atoms with Gasteiger partial charge in [-0.2, -0.15) is 5.10 Å². The van der Waals surface area contributed by atoms with Crippen molar-refractivity contribution in [2.45, 2.75) is 20.1 Å². The minimum atomic E-state index is -0.485. The number of furan rings is 1. The molecule has 2 aromatic heterocycles. The Hall–Kier alpha value is -3.75. The summed E-state index contributed by atoms with van der Waals surface area (Å²) < 4.78 is 17.9. The summed E-state index contributed by atoms with van der Waals surface area (Å²) in [6.07, 6.45) is 1.60. The van der Waals surface area contributed by atoms with Crippen molar-refractivity contribution in [2.75, 3.05) is 19.5 Å². The maximum atomic E-state index is 12.5. The second-order valence-electron chi connectivity index (χ2n) is 6.01. The summed E-state index contributed by atoms with van der Waals surface area (Å²) in [5.41, 5.74) is 0.445. The number of hydrogen-bond acceptors (Lipinski definition) is 6. The van der Waals surface area contributed by atoms with Crippen molar-refractivity contribution in [1.29, 1.82) is 0 Å². The third-order valence-corrected chi connectivity index (χ3v) is 4.10. The summed E-state index contributed by atoms with van der Waals surface area (Å²) in [6.45, 7) is 2.61. The van der Waals surface area contributed by atoms with Crippen molar-refractivity contribution in [2.24, 2.45) is 0 Å². The number of aromatic nitrogens is 2. The van der Waals surface area contributed by atoms with E-state index >= 15 is 0 Å². The number of aryl methyl sites for hydroxylation is 1. The SMILES string of the molecule is CCn1cc(NC(=O)c2ccc(COc3ccc(OC)cc3)o2)c(C(=O)NC)n1. The summed E-state index contributed by atoms with van der Waals surface area (Å²) in [7, 11) is 3.09. The summed E-state index contributed by atoms with van der Waals surface area (Å²) in [4.78, 5) is 24.5. The average molecular weight is 398 g/mol. The molecule has 152 valence electrons. The van der Waals surface area contributed by atoms with Gasteiger partial charge in [-0.05, 0) is 43.3 Å². The van der Waals surface area contributed by atoms with E-state index in [0.717, 1.165) is 5.75 Å². The van der Waals surface area contributed by atoms with E-state index < -0.39 is 5.91 Å². The molecule has 2 N–H and O–H groups in total. The molecule has 0 spiro atoms. The van der Waals surface area contributed by atoms with E-state index in [9.17, 15) is 9.59 Å². The normalized spacial score (nSPS) is 10.4. The summed E-state index contributed by atoms with van der Waals surface area (Å²) in [6, 6.07) is 10.3. The number of anilines is 1. The van der Waals surface area contributed by atoms with Gasteiger partial charge in [-0.15, -0.1) is 0 Å². The first kappa shape index (κ1) is 20.0.